The predicted molar refractivity (Wildman–Crippen MR) is 79.6 cm³/mol. The summed E-state index contributed by atoms with van der Waals surface area (Å²) < 4.78 is 5.18. The molecule has 0 amide bonds. The second-order valence-electron chi connectivity index (χ2n) is 6.05. The molecule has 1 aromatic carbocycles. The van der Waals surface area contributed by atoms with Crippen molar-refractivity contribution >= 4 is 11.9 Å². The molecule has 0 aliphatic carbocycles. The molecule has 0 saturated heterocycles. The van der Waals surface area contributed by atoms with Crippen LogP contribution in [0, 0.1) is 5.92 Å². The standard InChI is InChI=1S/C16H23NO4/c1-16(2,3)21-14(18)9-13(15(19)20)8-11-5-4-6-12(7-11)10-17/h4-7,13H,8-10,17H2,1-3H3,(H,19,20)/t13-/m0/s1. The van der Waals surface area contributed by atoms with Gasteiger partial charge in [-0.15, -0.1) is 0 Å². The maximum absolute atomic E-state index is 11.8. The van der Waals surface area contributed by atoms with Gasteiger partial charge in [0.15, 0.2) is 0 Å². The second-order valence-corrected chi connectivity index (χ2v) is 6.05. The third-order valence-corrected chi connectivity index (χ3v) is 2.89. The summed E-state index contributed by atoms with van der Waals surface area (Å²) in [7, 11) is 0. The van der Waals surface area contributed by atoms with E-state index in [0.717, 1.165) is 11.1 Å². The van der Waals surface area contributed by atoms with Crippen LogP contribution in [0.15, 0.2) is 24.3 Å². The fourth-order valence-corrected chi connectivity index (χ4v) is 2.00. The summed E-state index contributed by atoms with van der Waals surface area (Å²) in [5.74, 6) is -2.29. The van der Waals surface area contributed by atoms with Gasteiger partial charge in [0.1, 0.15) is 5.60 Å². The minimum absolute atomic E-state index is 0.139. The second kappa shape index (κ2) is 7.22. The summed E-state index contributed by atoms with van der Waals surface area (Å²) in [6.07, 6.45) is 0.141. The molecule has 0 bridgehead atoms. The van der Waals surface area contributed by atoms with Gasteiger partial charge in [0.25, 0.3) is 0 Å². The molecule has 1 atom stereocenters. The van der Waals surface area contributed by atoms with Crippen LogP contribution < -0.4 is 5.73 Å². The maximum atomic E-state index is 11.8. The number of nitrogens with two attached hydrogens (primary N) is 1. The molecular formula is C16H23NO4. The first-order valence-corrected chi connectivity index (χ1v) is 6.94. The number of rotatable bonds is 6. The number of ether oxygens (including phenoxy) is 1. The molecule has 0 spiro atoms. The first-order chi connectivity index (χ1) is 9.71. The highest BCUT2D eigenvalue weighted by molar-refractivity contribution is 5.79. The van der Waals surface area contributed by atoms with Crippen LogP contribution in [0.25, 0.3) is 0 Å². The number of esters is 1. The van der Waals surface area contributed by atoms with Crippen LogP contribution in [-0.2, 0) is 27.3 Å². The van der Waals surface area contributed by atoms with E-state index >= 15 is 0 Å². The minimum atomic E-state index is -1.00. The Labute approximate surface area is 125 Å². The van der Waals surface area contributed by atoms with Crippen molar-refractivity contribution in [1.82, 2.24) is 0 Å². The first kappa shape index (κ1) is 17.2. The third-order valence-electron chi connectivity index (χ3n) is 2.89. The van der Waals surface area contributed by atoms with Gasteiger partial charge in [0.2, 0.25) is 0 Å². The number of carbonyl (C=O) groups is 2. The highest BCUT2D eigenvalue weighted by atomic mass is 16.6. The molecule has 0 aliphatic rings. The summed E-state index contributed by atoms with van der Waals surface area (Å²) in [6, 6.07) is 7.42. The van der Waals surface area contributed by atoms with Crippen LogP contribution in [0.4, 0.5) is 0 Å². The molecule has 0 aromatic heterocycles. The molecule has 5 nitrogen and oxygen atoms in total. The molecule has 0 heterocycles. The lowest BCUT2D eigenvalue weighted by molar-refractivity contribution is -0.159. The van der Waals surface area contributed by atoms with E-state index in [1.54, 1.807) is 20.8 Å². The largest absolute Gasteiger partial charge is 0.481 e. The summed E-state index contributed by atoms with van der Waals surface area (Å²) in [4.78, 5) is 23.1. The summed E-state index contributed by atoms with van der Waals surface area (Å²) in [5.41, 5.74) is 6.75. The zero-order valence-electron chi connectivity index (χ0n) is 12.8. The SMILES string of the molecule is CC(C)(C)OC(=O)C[C@H](Cc1cccc(CN)c1)C(=O)O. The molecule has 0 unspecified atom stereocenters. The minimum Gasteiger partial charge on any atom is -0.481 e. The molecular weight excluding hydrogens is 270 g/mol. The molecule has 0 radical (unpaired) electrons. The maximum Gasteiger partial charge on any atom is 0.307 e. The average Bonchev–Trinajstić information content (AvgIpc) is 2.36. The summed E-state index contributed by atoms with van der Waals surface area (Å²) >= 11 is 0. The normalized spacial score (nSPS) is 12.8. The highest BCUT2D eigenvalue weighted by Gasteiger charge is 2.25. The van der Waals surface area contributed by atoms with Crippen molar-refractivity contribution in [3.63, 3.8) is 0 Å². The smallest absolute Gasteiger partial charge is 0.307 e. The zero-order valence-corrected chi connectivity index (χ0v) is 12.8. The fourth-order valence-electron chi connectivity index (χ4n) is 2.00. The van der Waals surface area contributed by atoms with Gasteiger partial charge in [-0.1, -0.05) is 24.3 Å². The van der Waals surface area contributed by atoms with Gasteiger partial charge in [-0.05, 0) is 38.3 Å². The number of aliphatic carboxylic acids is 1. The monoisotopic (exact) mass is 293 g/mol. The van der Waals surface area contributed by atoms with Crippen molar-refractivity contribution in [3.05, 3.63) is 35.4 Å². The highest BCUT2D eigenvalue weighted by Crippen LogP contribution is 2.17. The van der Waals surface area contributed by atoms with E-state index in [0.29, 0.717) is 6.54 Å². The number of carboxylic acid groups (broad SMARTS) is 1. The Kier molecular flexibility index (Phi) is 5.90. The lowest BCUT2D eigenvalue weighted by Gasteiger charge is -2.21. The van der Waals surface area contributed by atoms with E-state index in [-0.39, 0.29) is 12.8 Å². The van der Waals surface area contributed by atoms with Crippen molar-refractivity contribution in [2.75, 3.05) is 0 Å². The Morgan fingerprint density at radius 1 is 1.29 bits per heavy atom. The van der Waals surface area contributed by atoms with Crippen molar-refractivity contribution in [2.45, 2.75) is 45.8 Å². The zero-order chi connectivity index (χ0) is 16.0. The number of carbonyl (C=O) groups excluding carboxylic acids is 1. The van der Waals surface area contributed by atoms with E-state index in [1.807, 2.05) is 24.3 Å². The molecule has 21 heavy (non-hydrogen) atoms. The average molecular weight is 293 g/mol. The van der Waals surface area contributed by atoms with E-state index in [4.69, 9.17) is 10.5 Å². The van der Waals surface area contributed by atoms with Gasteiger partial charge in [-0.3, -0.25) is 9.59 Å². The number of hydrogen-bond acceptors (Lipinski definition) is 4. The fraction of sp³-hybridized carbons (Fsp3) is 0.500. The van der Waals surface area contributed by atoms with Crippen LogP contribution in [-0.4, -0.2) is 22.6 Å². The van der Waals surface area contributed by atoms with Gasteiger partial charge in [0, 0.05) is 6.54 Å². The quantitative estimate of drug-likeness (QED) is 0.784. The predicted octanol–water partition coefficient (Wildman–Crippen LogP) is 2.12. The number of hydrogen-bond donors (Lipinski definition) is 2. The molecule has 1 rings (SSSR count). The Morgan fingerprint density at radius 3 is 2.43 bits per heavy atom. The van der Waals surface area contributed by atoms with Crippen LogP contribution >= 0.6 is 0 Å². The van der Waals surface area contributed by atoms with Gasteiger partial charge in [-0.2, -0.15) is 0 Å². The Morgan fingerprint density at radius 2 is 1.90 bits per heavy atom. The molecule has 0 aliphatic heterocycles. The van der Waals surface area contributed by atoms with Gasteiger partial charge < -0.3 is 15.6 Å². The molecule has 1 aromatic rings. The molecule has 0 fully saturated rings. The Balaban J connectivity index is 2.74. The third kappa shape index (κ3) is 6.40. The van der Waals surface area contributed by atoms with E-state index in [2.05, 4.69) is 0 Å². The van der Waals surface area contributed by atoms with Gasteiger partial charge in [-0.25, -0.2) is 0 Å². The van der Waals surface area contributed by atoms with Crippen LogP contribution in [0.3, 0.4) is 0 Å². The van der Waals surface area contributed by atoms with E-state index in [9.17, 15) is 14.7 Å². The van der Waals surface area contributed by atoms with E-state index < -0.39 is 23.5 Å². The molecule has 0 saturated carbocycles. The molecule has 116 valence electrons. The first-order valence-electron chi connectivity index (χ1n) is 6.94. The van der Waals surface area contributed by atoms with E-state index in [1.165, 1.54) is 0 Å². The topological polar surface area (TPSA) is 89.6 Å². The van der Waals surface area contributed by atoms with Crippen molar-refractivity contribution in [1.29, 1.82) is 0 Å². The van der Waals surface area contributed by atoms with Crippen molar-refractivity contribution < 1.29 is 19.4 Å². The van der Waals surface area contributed by atoms with Crippen LogP contribution in [0.2, 0.25) is 0 Å². The summed E-state index contributed by atoms with van der Waals surface area (Å²) in [6.45, 7) is 5.67. The molecule has 5 heteroatoms. The summed E-state index contributed by atoms with van der Waals surface area (Å²) in [5, 5.41) is 9.28. The van der Waals surface area contributed by atoms with Crippen molar-refractivity contribution in [3.8, 4) is 0 Å². The number of benzene rings is 1. The number of carboxylic acids is 1. The lowest BCUT2D eigenvalue weighted by atomic mass is 9.95. The van der Waals surface area contributed by atoms with Crippen molar-refractivity contribution in [2.24, 2.45) is 11.7 Å². The van der Waals surface area contributed by atoms with Crippen LogP contribution in [0.5, 0.6) is 0 Å². The Hall–Kier alpha value is -1.88. The lowest BCUT2D eigenvalue weighted by Crippen LogP contribution is -2.28. The Bertz CT molecular complexity index is 505. The molecule has 3 N–H and O–H groups in total. The van der Waals surface area contributed by atoms with Gasteiger partial charge in [0.05, 0.1) is 12.3 Å². The van der Waals surface area contributed by atoms with Gasteiger partial charge >= 0.3 is 11.9 Å². The van der Waals surface area contributed by atoms with Crippen LogP contribution in [0.1, 0.15) is 38.3 Å².